The number of hydrogen-bond donors (Lipinski definition) is 0. The van der Waals surface area contributed by atoms with Crippen LogP contribution < -0.4 is 0 Å². The van der Waals surface area contributed by atoms with E-state index >= 15 is 0 Å². The maximum absolute atomic E-state index is 5.39. The molecule has 0 saturated carbocycles. The summed E-state index contributed by atoms with van der Waals surface area (Å²) < 4.78 is 9.41. The Morgan fingerprint density at radius 3 is 3.05 bits per heavy atom. The number of aromatic nitrogens is 6. The van der Waals surface area contributed by atoms with Crippen molar-refractivity contribution in [2.24, 2.45) is 0 Å². The van der Waals surface area contributed by atoms with Gasteiger partial charge in [-0.25, -0.2) is 0 Å². The van der Waals surface area contributed by atoms with Crippen LogP contribution in [0.2, 0.25) is 0 Å². The summed E-state index contributed by atoms with van der Waals surface area (Å²) in [7, 11) is 0. The summed E-state index contributed by atoms with van der Waals surface area (Å²) in [6.07, 6.45) is 3.09. The zero-order valence-corrected chi connectivity index (χ0v) is 13.2. The van der Waals surface area contributed by atoms with Crippen molar-refractivity contribution in [2.75, 3.05) is 19.0 Å². The Balaban J connectivity index is 1.53. The lowest BCUT2D eigenvalue weighted by Crippen LogP contribution is -2.04. The van der Waals surface area contributed by atoms with Crippen LogP contribution in [-0.2, 0) is 17.8 Å². The Labute approximate surface area is 128 Å². The molecule has 1 aliphatic rings. The summed E-state index contributed by atoms with van der Waals surface area (Å²) >= 11 is 1.70. The average molecular weight is 308 g/mol. The quantitative estimate of drug-likeness (QED) is 0.753. The standard InChI is InChI=1S/C13H20N6OS/c1-3-19-10(2)14-16-13(19)21-7-5-18-8-12(15-17-18)11-4-6-20-9-11/h8,11H,3-7,9H2,1-2H3/t11-/m1/s1. The van der Waals surface area contributed by atoms with Crippen molar-refractivity contribution in [3.05, 3.63) is 17.7 Å². The molecule has 0 aromatic carbocycles. The summed E-state index contributed by atoms with van der Waals surface area (Å²) in [5.41, 5.74) is 1.05. The van der Waals surface area contributed by atoms with Crippen molar-refractivity contribution in [3.63, 3.8) is 0 Å². The molecule has 1 aliphatic heterocycles. The van der Waals surface area contributed by atoms with E-state index in [1.807, 2.05) is 17.8 Å². The van der Waals surface area contributed by atoms with E-state index in [9.17, 15) is 0 Å². The Morgan fingerprint density at radius 2 is 2.29 bits per heavy atom. The van der Waals surface area contributed by atoms with E-state index in [4.69, 9.17) is 4.74 Å². The second-order valence-electron chi connectivity index (χ2n) is 5.09. The third-order valence-electron chi connectivity index (χ3n) is 3.67. The largest absolute Gasteiger partial charge is 0.381 e. The second kappa shape index (κ2) is 6.57. The topological polar surface area (TPSA) is 70.7 Å². The van der Waals surface area contributed by atoms with Gasteiger partial charge < -0.3 is 9.30 Å². The average Bonchev–Trinajstić information content (AvgIpc) is 3.19. The Hall–Kier alpha value is -1.41. The van der Waals surface area contributed by atoms with Gasteiger partial charge in [0, 0.05) is 31.0 Å². The summed E-state index contributed by atoms with van der Waals surface area (Å²) in [5.74, 6) is 2.28. The highest BCUT2D eigenvalue weighted by atomic mass is 32.2. The maximum Gasteiger partial charge on any atom is 0.191 e. The lowest BCUT2D eigenvalue weighted by Gasteiger charge is -2.04. The van der Waals surface area contributed by atoms with Gasteiger partial charge in [0.1, 0.15) is 5.82 Å². The highest BCUT2D eigenvalue weighted by Crippen LogP contribution is 2.23. The molecule has 0 aliphatic carbocycles. The SMILES string of the molecule is CCn1c(C)nnc1SCCn1cc([C@@H]2CCOC2)nn1. The highest BCUT2D eigenvalue weighted by molar-refractivity contribution is 7.99. The first kappa shape index (κ1) is 14.5. The van der Waals surface area contributed by atoms with E-state index in [-0.39, 0.29) is 0 Å². The molecule has 3 heterocycles. The minimum absolute atomic E-state index is 0.414. The molecule has 0 N–H and O–H groups in total. The van der Waals surface area contributed by atoms with Gasteiger partial charge in [0.25, 0.3) is 0 Å². The predicted molar refractivity (Wildman–Crippen MR) is 79.4 cm³/mol. The maximum atomic E-state index is 5.39. The van der Waals surface area contributed by atoms with Gasteiger partial charge in [-0.3, -0.25) is 4.68 Å². The van der Waals surface area contributed by atoms with Crippen LogP contribution in [-0.4, -0.2) is 48.7 Å². The molecule has 1 atom stereocenters. The summed E-state index contributed by atoms with van der Waals surface area (Å²) in [6, 6.07) is 0. The molecule has 2 aromatic heterocycles. The third-order valence-corrected chi connectivity index (χ3v) is 4.62. The molecule has 8 heteroatoms. The number of thioether (sulfide) groups is 1. The molecule has 114 valence electrons. The van der Waals surface area contributed by atoms with Crippen molar-refractivity contribution in [2.45, 2.75) is 44.4 Å². The monoisotopic (exact) mass is 308 g/mol. The molecular weight excluding hydrogens is 288 g/mol. The van der Waals surface area contributed by atoms with E-state index in [0.717, 1.165) is 55.2 Å². The van der Waals surface area contributed by atoms with Gasteiger partial charge in [0.05, 0.1) is 18.8 Å². The van der Waals surface area contributed by atoms with Gasteiger partial charge in [-0.1, -0.05) is 17.0 Å². The Morgan fingerprint density at radius 1 is 1.38 bits per heavy atom. The molecule has 0 bridgehead atoms. The molecule has 0 spiro atoms. The molecule has 1 fully saturated rings. The molecule has 7 nitrogen and oxygen atoms in total. The molecule has 3 rings (SSSR count). The van der Waals surface area contributed by atoms with E-state index in [0.29, 0.717) is 5.92 Å². The zero-order chi connectivity index (χ0) is 14.7. The van der Waals surface area contributed by atoms with Crippen molar-refractivity contribution in [1.82, 2.24) is 29.8 Å². The van der Waals surface area contributed by atoms with Crippen LogP contribution in [0.25, 0.3) is 0 Å². The van der Waals surface area contributed by atoms with Crippen LogP contribution >= 0.6 is 11.8 Å². The first-order chi connectivity index (χ1) is 10.3. The van der Waals surface area contributed by atoms with Crippen LogP contribution in [0.3, 0.4) is 0 Å². The third kappa shape index (κ3) is 3.26. The fourth-order valence-electron chi connectivity index (χ4n) is 2.44. The molecule has 0 amide bonds. The molecule has 21 heavy (non-hydrogen) atoms. The van der Waals surface area contributed by atoms with Crippen molar-refractivity contribution in [3.8, 4) is 0 Å². The molecule has 0 radical (unpaired) electrons. The van der Waals surface area contributed by atoms with Gasteiger partial charge in [-0.2, -0.15) is 0 Å². The Kier molecular flexibility index (Phi) is 4.54. The van der Waals surface area contributed by atoms with Gasteiger partial charge in [0.2, 0.25) is 0 Å². The van der Waals surface area contributed by atoms with E-state index in [2.05, 4.69) is 32.0 Å². The number of rotatable bonds is 6. The van der Waals surface area contributed by atoms with Gasteiger partial charge in [-0.15, -0.1) is 15.3 Å². The van der Waals surface area contributed by atoms with Gasteiger partial charge >= 0.3 is 0 Å². The smallest absolute Gasteiger partial charge is 0.191 e. The van der Waals surface area contributed by atoms with Gasteiger partial charge in [-0.05, 0) is 20.3 Å². The first-order valence-corrected chi connectivity index (χ1v) is 8.27. The van der Waals surface area contributed by atoms with Crippen LogP contribution in [0.15, 0.2) is 11.4 Å². The predicted octanol–water partition coefficient (Wildman–Crippen LogP) is 1.49. The zero-order valence-electron chi connectivity index (χ0n) is 12.4. The lowest BCUT2D eigenvalue weighted by molar-refractivity contribution is 0.193. The molecule has 2 aromatic rings. The van der Waals surface area contributed by atoms with Crippen molar-refractivity contribution in [1.29, 1.82) is 0 Å². The summed E-state index contributed by atoms with van der Waals surface area (Å²) in [5, 5.41) is 17.7. The first-order valence-electron chi connectivity index (χ1n) is 7.28. The fraction of sp³-hybridized carbons (Fsp3) is 0.692. The summed E-state index contributed by atoms with van der Waals surface area (Å²) in [4.78, 5) is 0. The number of hydrogen-bond acceptors (Lipinski definition) is 6. The summed E-state index contributed by atoms with van der Waals surface area (Å²) in [6.45, 7) is 7.41. The number of nitrogens with zero attached hydrogens (tertiary/aromatic N) is 6. The van der Waals surface area contributed by atoms with E-state index in [1.165, 1.54) is 0 Å². The van der Waals surface area contributed by atoms with Gasteiger partial charge in [0.15, 0.2) is 5.16 Å². The highest BCUT2D eigenvalue weighted by Gasteiger charge is 2.20. The molecular formula is C13H20N6OS. The lowest BCUT2D eigenvalue weighted by atomic mass is 10.1. The minimum atomic E-state index is 0.414. The number of aryl methyl sites for hydroxylation is 2. The normalized spacial score (nSPS) is 18.5. The minimum Gasteiger partial charge on any atom is -0.381 e. The number of ether oxygens (including phenoxy) is 1. The van der Waals surface area contributed by atoms with E-state index in [1.54, 1.807) is 11.8 Å². The van der Waals surface area contributed by atoms with Crippen LogP contribution in [0, 0.1) is 6.92 Å². The molecule has 1 saturated heterocycles. The second-order valence-corrected chi connectivity index (χ2v) is 6.15. The van der Waals surface area contributed by atoms with Crippen LogP contribution in [0.4, 0.5) is 0 Å². The van der Waals surface area contributed by atoms with Crippen LogP contribution in [0.1, 0.15) is 30.8 Å². The van der Waals surface area contributed by atoms with E-state index < -0.39 is 0 Å². The van der Waals surface area contributed by atoms with Crippen molar-refractivity contribution < 1.29 is 4.74 Å². The fourth-order valence-corrected chi connectivity index (χ4v) is 3.42. The van der Waals surface area contributed by atoms with Crippen molar-refractivity contribution >= 4 is 11.8 Å². The van der Waals surface area contributed by atoms with Crippen LogP contribution in [0.5, 0.6) is 0 Å². The molecule has 0 unspecified atom stereocenters. The Bertz CT molecular complexity index is 589.